The third-order valence-electron chi connectivity index (χ3n) is 3.38. The molecule has 98 valence electrons. The van der Waals surface area contributed by atoms with Gasteiger partial charge in [-0.1, -0.05) is 37.5 Å². The molecule has 0 unspecified atom stereocenters. The Bertz CT molecular complexity index is 403. The molecule has 0 radical (unpaired) electrons. The zero-order valence-corrected chi connectivity index (χ0v) is 11.3. The highest BCUT2D eigenvalue weighted by Crippen LogP contribution is 2.18. The van der Waals surface area contributed by atoms with Crippen LogP contribution in [0.25, 0.3) is 0 Å². The van der Waals surface area contributed by atoms with Crippen molar-refractivity contribution in [3.8, 4) is 0 Å². The van der Waals surface area contributed by atoms with Crippen molar-refractivity contribution in [1.29, 1.82) is 0 Å². The standard InChI is InChI=1S/C14H20N2OS/c17-10-11-6-4-5-9-13(11)16-14(18)15-12-7-2-1-3-8-12/h4-6,9,12,17H,1-3,7-8,10H2,(H2,15,16,18). The van der Waals surface area contributed by atoms with E-state index in [4.69, 9.17) is 12.2 Å². The molecule has 1 aliphatic rings. The van der Waals surface area contributed by atoms with Crippen LogP contribution in [-0.2, 0) is 6.61 Å². The zero-order chi connectivity index (χ0) is 12.8. The summed E-state index contributed by atoms with van der Waals surface area (Å²) in [5.74, 6) is 0. The lowest BCUT2D eigenvalue weighted by atomic mass is 9.96. The number of anilines is 1. The summed E-state index contributed by atoms with van der Waals surface area (Å²) in [6, 6.07) is 8.17. The molecule has 0 bridgehead atoms. The van der Waals surface area contributed by atoms with Gasteiger partial charge in [0.25, 0.3) is 0 Å². The van der Waals surface area contributed by atoms with E-state index in [-0.39, 0.29) is 6.61 Å². The van der Waals surface area contributed by atoms with Gasteiger partial charge in [0.1, 0.15) is 0 Å². The normalized spacial score (nSPS) is 16.3. The first-order valence-corrected chi connectivity index (χ1v) is 6.96. The van der Waals surface area contributed by atoms with Gasteiger partial charge in [-0.05, 0) is 31.1 Å². The summed E-state index contributed by atoms with van der Waals surface area (Å²) in [5, 5.41) is 16.4. The van der Waals surface area contributed by atoms with Crippen LogP contribution in [0.1, 0.15) is 37.7 Å². The number of benzene rings is 1. The SMILES string of the molecule is OCc1ccccc1NC(=S)NC1CCCCC1. The lowest BCUT2D eigenvalue weighted by molar-refractivity contribution is 0.282. The summed E-state index contributed by atoms with van der Waals surface area (Å²) in [6.45, 7) is 0.0230. The van der Waals surface area contributed by atoms with E-state index >= 15 is 0 Å². The first-order chi connectivity index (χ1) is 8.79. The molecular weight excluding hydrogens is 244 g/mol. The second-order valence-corrected chi connectivity index (χ2v) is 5.16. The number of para-hydroxylation sites is 1. The van der Waals surface area contributed by atoms with Crippen LogP contribution in [0, 0.1) is 0 Å². The van der Waals surface area contributed by atoms with Crippen LogP contribution in [0.4, 0.5) is 5.69 Å². The fourth-order valence-electron chi connectivity index (χ4n) is 2.37. The molecule has 2 rings (SSSR count). The van der Waals surface area contributed by atoms with Crippen molar-refractivity contribution in [3.05, 3.63) is 29.8 Å². The highest BCUT2D eigenvalue weighted by atomic mass is 32.1. The largest absolute Gasteiger partial charge is 0.392 e. The lowest BCUT2D eigenvalue weighted by Gasteiger charge is -2.24. The van der Waals surface area contributed by atoms with E-state index in [1.54, 1.807) is 0 Å². The summed E-state index contributed by atoms with van der Waals surface area (Å²) in [6.07, 6.45) is 6.31. The predicted molar refractivity (Wildman–Crippen MR) is 78.6 cm³/mol. The number of nitrogens with one attached hydrogen (secondary N) is 2. The maximum Gasteiger partial charge on any atom is 0.171 e. The first-order valence-electron chi connectivity index (χ1n) is 6.56. The number of rotatable bonds is 3. The van der Waals surface area contributed by atoms with Gasteiger partial charge in [0.05, 0.1) is 6.61 Å². The smallest absolute Gasteiger partial charge is 0.171 e. The number of thiocarbonyl (C=S) groups is 1. The van der Waals surface area contributed by atoms with Crippen LogP contribution >= 0.6 is 12.2 Å². The molecule has 1 aromatic carbocycles. The number of hydrogen-bond acceptors (Lipinski definition) is 2. The van der Waals surface area contributed by atoms with Crippen molar-refractivity contribution in [2.24, 2.45) is 0 Å². The van der Waals surface area contributed by atoms with Crippen LogP contribution in [0.3, 0.4) is 0 Å². The van der Waals surface area contributed by atoms with Crippen molar-refractivity contribution in [2.75, 3.05) is 5.32 Å². The molecule has 4 heteroatoms. The van der Waals surface area contributed by atoms with Gasteiger partial charge in [0.2, 0.25) is 0 Å². The third kappa shape index (κ3) is 3.68. The number of aliphatic hydroxyl groups excluding tert-OH is 1. The molecule has 1 aliphatic carbocycles. The van der Waals surface area contributed by atoms with E-state index in [0.29, 0.717) is 11.2 Å². The minimum atomic E-state index is 0.0230. The van der Waals surface area contributed by atoms with Crippen molar-refractivity contribution in [2.45, 2.75) is 44.8 Å². The van der Waals surface area contributed by atoms with E-state index in [0.717, 1.165) is 11.3 Å². The fourth-order valence-corrected chi connectivity index (χ4v) is 2.65. The van der Waals surface area contributed by atoms with Gasteiger partial charge in [0, 0.05) is 17.3 Å². The van der Waals surface area contributed by atoms with E-state index in [9.17, 15) is 5.11 Å². The van der Waals surface area contributed by atoms with Crippen LogP contribution in [0.5, 0.6) is 0 Å². The van der Waals surface area contributed by atoms with E-state index in [1.165, 1.54) is 32.1 Å². The molecule has 0 amide bonds. The summed E-state index contributed by atoms with van der Waals surface area (Å²) in [7, 11) is 0. The molecule has 0 heterocycles. The Morgan fingerprint density at radius 2 is 1.94 bits per heavy atom. The molecule has 0 saturated heterocycles. The van der Waals surface area contributed by atoms with Gasteiger partial charge in [-0.2, -0.15) is 0 Å². The molecule has 0 atom stereocenters. The quantitative estimate of drug-likeness (QED) is 0.735. The molecule has 1 saturated carbocycles. The third-order valence-corrected chi connectivity index (χ3v) is 3.60. The average Bonchev–Trinajstić information content (AvgIpc) is 2.40. The molecule has 1 fully saturated rings. The van der Waals surface area contributed by atoms with Gasteiger partial charge in [-0.15, -0.1) is 0 Å². The highest BCUT2D eigenvalue weighted by Gasteiger charge is 2.14. The summed E-state index contributed by atoms with van der Waals surface area (Å²) in [4.78, 5) is 0. The monoisotopic (exact) mass is 264 g/mol. The van der Waals surface area contributed by atoms with Gasteiger partial charge < -0.3 is 15.7 Å². The van der Waals surface area contributed by atoms with Gasteiger partial charge in [-0.3, -0.25) is 0 Å². The van der Waals surface area contributed by atoms with Gasteiger partial charge >= 0.3 is 0 Å². The van der Waals surface area contributed by atoms with Crippen molar-refractivity contribution in [3.63, 3.8) is 0 Å². The Hall–Kier alpha value is -1.13. The minimum absolute atomic E-state index is 0.0230. The fraction of sp³-hybridized carbons (Fsp3) is 0.500. The molecule has 18 heavy (non-hydrogen) atoms. The lowest BCUT2D eigenvalue weighted by Crippen LogP contribution is -2.39. The van der Waals surface area contributed by atoms with E-state index in [1.807, 2.05) is 24.3 Å². The Balaban J connectivity index is 1.90. The molecular formula is C14H20N2OS. The predicted octanol–water partition coefficient (Wildman–Crippen LogP) is 2.80. The first kappa shape index (κ1) is 13.3. The summed E-state index contributed by atoms with van der Waals surface area (Å²) in [5.41, 5.74) is 1.75. The Morgan fingerprint density at radius 1 is 1.22 bits per heavy atom. The minimum Gasteiger partial charge on any atom is -0.392 e. The van der Waals surface area contributed by atoms with E-state index in [2.05, 4.69) is 10.6 Å². The molecule has 0 aliphatic heterocycles. The number of hydrogen-bond donors (Lipinski definition) is 3. The van der Waals surface area contributed by atoms with Crippen LogP contribution in [0.2, 0.25) is 0 Å². The molecule has 3 N–H and O–H groups in total. The van der Waals surface area contributed by atoms with Crippen molar-refractivity contribution < 1.29 is 5.11 Å². The maximum absolute atomic E-state index is 9.25. The van der Waals surface area contributed by atoms with Gasteiger partial charge in [0.15, 0.2) is 5.11 Å². The second-order valence-electron chi connectivity index (χ2n) is 4.75. The van der Waals surface area contributed by atoms with Crippen LogP contribution in [0.15, 0.2) is 24.3 Å². The van der Waals surface area contributed by atoms with Crippen LogP contribution < -0.4 is 10.6 Å². The Kier molecular flexibility index (Phi) is 4.96. The molecule has 3 nitrogen and oxygen atoms in total. The van der Waals surface area contributed by atoms with Crippen molar-refractivity contribution >= 4 is 23.0 Å². The Labute approximate surface area is 114 Å². The molecule has 1 aromatic rings. The van der Waals surface area contributed by atoms with Gasteiger partial charge in [-0.25, -0.2) is 0 Å². The van der Waals surface area contributed by atoms with E-state index < -0.39 is 0 Å². The maximum atomic E-state index is 9.25. The zero-order valence-electron chi connectivity index (χ0n) is 10.5. The summed E-state index contributed by atoms with van der Waals surface area (Å²) >= 11 is 5.32. The molecule has 0 aromatic heterocycles. The second kappa shape index (κ2) is 6.71. The molecule has 0 spiro atoms. The topological polar surface area (TPSA) is 44.3 Å². The summed E-state index contributed by atoms with van der Waals surface area (Å²) < 4.78 is 0. The Morgan fingerprint density at radius 3 is 2.67 bits per heavy atom. The number of aliphatic hydroxyl groups is 1. The highest BCUT2D eigenvalue weighted by molar-refractivity contribution is 7.80. The average molecular weight is 264 g/mol. The van der Waals surface area contributed by atoms with Crippen LogP contribution in [-0.4, -0.2) is 16.3 Å². The van der Waals surface area contributed by atoms with Crippen molar-refractivity contribution in [1.82, 2.24) is 5.32 Å².